The van der Waals surface area contributed by atoms with Gasteiger partial charge >= 0.3 is 0 Å². The Balaban J connectivity index is 0.00000121. The van der Waals surface area contributed by atoms with Crippen molar-refractivity contribution in [2.45, 2.75) is 18.5 Å². The highest BCUT2D eigenvalue weighted by molar-refractivity contribution is 5.85. The Hall–Kier alpha value is -1.01. The van der Waals surface area contributed by atoms with E-state index in [2.05, 4.69) is 10.6 Å². The first-order valence-electron chi connectivity index (χ1n) is 7.19. The van der Waals surface area contributed by atoms with Crippen LogP contribution in [0.2, 0.25) is 0 Å². The van der Waals surface area contributed by atoms with Crippen LogP contribution in [0.15, 0.2) is 24.3 Å². The van der Waals surface area contributed by atoms with Gasteiger partial charge in [0.1, 0.15) is 5.75 Å². The van der Waals surface area contributed by atoms with E-state index in [0.717, 1.165) is 43.9 Å². The van der Waals surface area contributed by atoms with Crippen molar-refractivity contribution in [3.05, 3.63) is 29.8 Å². The molecule has 1 aromatic rings. The zero-order valence-corrected chi connectivity index (χ0v) is 14.2. The fourth-order valence-corrected chi connectivity index (χ4v) is 2.89. The minimum atomic E-state index is 0. The second-order valence-electron chi connectivity index (χ2n) is 5.29. The third-order valence-electron chi connectivity index (χ3n) is 4.15. The number of carbonyl (C=O) groups excluding carboxylic acids is 1. The molecule has 2 aliphatic rings. The van der Waals surface area contributed by atoms with E-state index in [4.69, 9.17) is 4.74 Å². The Labute approximate surface area is 143 Å². The van der Waals surface area contributed by atoms with Crippen LogP contribution in [-0.4, -0.2) is 50.1 Å². The Morgan fingerprint density at radius 2 is 2.00 bits per heavy atom. The zero-order chi connectivity index (χ0) is 13.9. The third-order valence-corrected chi connectivity index (χ3v) is 4.15. The van der Waals surface area contributed by atoms with Gasteiger partial charge in [-0.2, -0.15) is 0 Å². The van der Waals surface area contributed by atoms with Crippen molar-refractivity contribution in [2.24, 2.45) is 0 Å². The van der Waals surface area contributed by atoms with Gasteiger partial charge in [-0.1, -0.05) is 18.2 Å². The maximum Gasteiger partial charge on any atom is 0.240 e. The largest absolute Gasteiger partial charge is 0.496 e. The summed E-state index contributed by atoms with van der Waals surface area (Å²) in [6.45, 7) is 3.32. The standard InChI is InChI=1S/C15H21N3O2.2ClH/c1-20-14-5-3-2-4-11(14)13-10-16-8-9-18(13)15(19)12-6-7-17-12;;/h2-5,12-13,16-17H,6-10H2,1H3;2*1H/t12-,13?;;/m1../s1. The normalized spacial score (nSPS) is 23.6. The topological polar surface area (TPSA) is 53.6 Å². The number of nitrogens with one attached hydrogen (secondary N) is 2. The predicted octanol–water partition coefficient (Wildman–Crippen LogP) is 1.37. The number of hydrogen-bond acceptors (Lipinski definition) is 4. The molecule has 22 heavy (non-hydrogen) atoms. The number of carbonyl (C=O) groups is 1. The second kappa shape index (κ2) is 8.58. The Morgan fingerprint density at radius 3 is 2.64 bits per heavy atom. The molecule has 0 aromatic heterocycles. The predicted molar refractivity (Wildman–Crippen MR) is 91.2 cm³/mol. The number of benzene rings is 1. The molecule has 1 amide bonds. The van der Waals surface area contributed by atoms with Gasteiger partial charge < -0.3 is 20.3 Å². The number of hydrogen-bond donors (Lipinski definition) is 2. The molecule has 0 aliphatic carbocycles. The van der Waals surface area contributed by atoms with Gasteiger partial charge in [0, 0.05) is 25.2 Å². The number of methoxy groups -OCH3 is 1. The van der Waals surface area contributed by atoms with E-state index in [1.807, 2.05) is 29.2 Å². The van der Waals surface area contributed by atoms with Gasteiger partial charge in [-0.15, -0.1) is 24.8 Å². The van der Waals surface area contributed by atoms with Crippen molar-refractivity contribution in [1.29, 1.82) is 0 Å². The van der Waals surface area contributed by atoms with Crippen LogP contribution in [0.1, 0.15) is 18.0 Å². The summed E-state index contributed by atoms with van der Waals surface area (Å²) in [4.78, 5) is 14.5. The molecular weight excluding hydrogens is 325 g/mol. The van der Waals surface area contributed by atoms with Gasteiger partial charge in [-0.25, -0.2) is 0 Å². The minimum Gasteiger partial charge on any atom is -0.496 e. The maximum absolute atomic E-state index is 12.6. The van der Waals surface area contributed by atoms with Crippen molar-refractivity contribution in [3.63, 3.8) is 0 Å². The molecule has 0 spiro atoms. The van der Waals surface area contributed by atoms with Gasteiger partial charge in [-0.05, 0) is 19.0 Å². The average Bonchev–Trinajstić information content (AvgIpc) is 2.45. The number of nitrogens with zero attached hydrogens (tertiary/aromatic N) is 1. The van der Waals surface area contributed by atoms with Crippen LogP contribution in [0, 0.1) is 0 Å². The SMILES string of the molecule is COc1ccccc1C1CNCCN1C(=O)[C@H]1CCN1.Cl.Cl. The lowest BCUT2D eigenvalue weighted by molar-refractivity contribution is -0.138. The summed E-state index contributed by atoms with van der Waals surface area (Å²) in [5.74, 6) is 1.06. The quantitative estimate of drug-likeness (QED) is 0.867. The Bertz CT molecular complexity index is 497. The minimum absolute atomic E-state index is 0. The molecule has 2 N–H and O–H groups in total. The lowest BCUT2D eigenvalue weighted by Gasteiger charge is -2.41. The number of amides is 1. The van der Waals surface area contributed by atoms with Crippen LogP contribution in [0.5, 0.6) is 5.75 Å². The molecule has 2 aliphatic heterocycles. The van der Waals surface area contributed by atoms with E-state index in [0.29, 0.717) is 0 Å². The number of ether oxygens (including phenoxy) is 1. The summed E-state index contributed by atoms with van der Waals surface area (Å²) in [5.41, 5.74) is 1.08. The highest BCUT2D eigenvalue weighted by Gasteiger charge is 2.35. The lowest BCUT2D eigenvalue weighted by atomic mass is 9.99. The van der Waals surface area contributed by atoms with Gasteiger partial charge in [0.05, 0.1) is 19.2 Å². The molecule has 2 heterocycles. The first kappa shape index (κ1) is 19.0. The Kier molecular flexibility index (Phi) is 7.42. The van der Waals surface area contributed by atoms with E-state index in [1.165, 1.54) is 0 Å². The van der Waals surface area contributed by atoms with E-state index in [1.54, 1.807) is 7.11 Å². The molecule has 7 heteroatoms. The smallest absolute Gasteiger partial charge is 0.240 e. The second-order valence-corrected chi connectivity index (χ2v) is 5.29. The first-order chi connectivity index (χ1) is 9.81. The van der Waals surface area contributed by atoms with Crippen LogP contribution in [0.25, 0.3) is 0 Å². The summed E-state index contributed by atoms with van der Waals surface area (Å²) in [5, 5.41) is 6.57. The van der Waals surface area contributed by atoms with Gasteiger partial charge in [-0.3, -0.25) is 4.79 Å². The molecule has 2 atom stereocenters. The summed E-state index contributed by atoms with van der Waals surface area (Å²) in [7, 11) is 1.68. The van der Waals surface area contributed by atoms with Crippen LogP contribution in [0.3, 0.4) is 0 Å². The van der Waals surface area contributed by atoms with Gasteiger partial charge in [0.15, 0.2) is 0 Å². The number of rotatable bonds is 3. The van der Waals surface area contributed by atoms with Crippen molar-refractivity contribution in [3.8, 4) is 5.75 Å². The molecule has 3 rings (SSSR count). The van der Waals surface area contributed by atoms with Crippen molar-refractivity contribution < 1.29 is 9.53 Å². The molecule has 2 fully saturated rings. The summed E-state index contributed by atoms with van der Waals surface area (Å²) in [6, 6.07) is 8.01. The van der Waals surface area contributed by atoms with Gasteiger partial charge in [0.2, 0.25) is 5.91 Å². The van der Waals surface area contributed by atoms with Crippen LogP contribution >= 0.6 is 24.8 Å². The number of piperazine rings is 1. The molecular formula is C15H23Cl2N3O2. The van der Waals surface area contributed by atoms with Crippen LogP contribution in [-0.2, 0) is 4.79 Å². The van der Waals surface area contributed by atoms with E-state index >= 15 is 0 Å². The molecule has 0 saturated carbocycles. The monoisotopic (exact) mass is 347 g/mol. The fraction of sp³-hybridized carbons (Fsp3) is 0.533. The summed E-state index contributed by atoms with van der Waals surface area (Å²) >= 11 is 0. The fourth-order valence-electron chi connectivity index (χ4n) is 2.89. The van der Waals surface area contributed by atoms with Gasteiger partial charge in [0.25, 0.3) is 0 Å². The highest BCUT2D eigenvalue weighted by atomic mass is 35.5. The molecule has 5 nitrogen and oxygen atoms in total. The van der Waals surface area contributed by atoms with Crippen LogP contribution in [0.4, 0.5) is 0 Å². The Morgan fingerprint density at radius 1 is 1.27 bits per heavy atom. The summed E-state index contributed by atoms with van der Waals surface area (Å²) < 4.78 is 5.45. The number of halogens is 2. The maximum atomic E-state index is 12.6. The van der Waals surface area contributed by atoms with E-state index < -0.39 is 0 Å². The molecule has 0 bridgehead atoms. The van der Waals surface area contributed by atoms with Crippen molar-refractivity contribution in [2.75, 3.05) is 33.3 Å². The molecule has 1 unspecified atom stereocenters. The molecule has 124 valence electrons. The molecule has 1 aromatic carbocycles. The van der Waals surface area contributed by atoms with E-state index in [9.17, 15) is 4.79 Å². The van der Waals surface area contributed by atoms with Crippen LogP contribution < -0.4 is 15.4 Å². The van der Waals surface area contributed by atoms with Crippen molar-refractivity contribution in [1.82, 2.24) is 15.5 Å². The average molecular weight is 348 g/mol. The lowest BCUT2D eigenvalue weighted by Crippen LogP contribution is -2.58. The first-order valence-corrected chi connectivity index (χ1v) is 7.19. The zero-order valence-electron chi connectivity index (χ0n) is 12.6. The van der Waals surface area contributed by atoms with Crippen molar-refractivity contribution >= 4 is 30.7 Å². The molecule has 0 radical (unpaired) electrons. The van der Waals surface area contributed by atoms with E-state index in [-0.39, 0.29) is 42.8 Å². The highest BCUT2D eigenvalue weighted by Crippen LogP contribution is 2.31. The summed E-state index contributed by atoms with van der Waals surface area (Å²) in [6.07, 6.45) is 0.946. The molecule has 2 saturated heterocycles. The number of para-hydroxylation sites is 1. The third kappa shape index (κ3) is 3.66.